The van der Waals surface area contributed by atoms with E-state index in [9.17, 15) is 4.79 Å². The maximum absolute atomic E-state index is 13.0. The molecule has 0 radical (unpaired) electrons. The number of carbonyl (C=O) groups excluding carboxylic acids is 1. The van der Waals surface area contributed by atoms with Crippen LogP contribution in [0.25, 0.3) is 11.1 Å². The highest BCUT2D eigenvalue weighted by molar-refractivity contribution is 7.10. The van der Waals surface area contributed by atoms with Gasteiger partial charge in [0.2, 0.25) is 0 Å². The number of piperidine rings is 1. The van der Waals surface area contributed by atoms with Crippen molar-refractivity contribution in [1.29, 1.82) is 0 Å². The number of anilines is 1. The predicted molar refractivity (Wildman–Crippen MR) is 139 cm³/mol. The molecular weight excluding hydrogens is 450 g/mol. The number of hydrogen-bond acceptors (Lipinski definition) is 4. The summed E-state index contributed by atoms with van der Waals surface area (Å²) in [6, 6.07) is 15.5. The molecule has 0 spiro atoms. The summed E-state index contributed by atoms with van der Waals surface area (Å²) >= 11 is 7.65. The van der Waals surface area contributed by atoms with E-state index in [2.05, 4.69) is 24.1 Å². The Morgan fingerprint density at radius 3 is 2.64 bits per heavy atom. The number of likely N-dealkylation sites (tertiary alicyclic amines) is 1. The number of amides is 1. The normalized spacial score (nSPS) is 16.0. The van der Waals surface area contributed by atoms with E-state index in [1.807, 2.05) is 53.9 Å². The van der Waals surface area contributed by atoms with Crippen LogP contribution >= 0.6 is 22.9 Å². The van der Waals surface area contributed by atoms with Crippen LogP contribution in [0.5, 0.6) is 0 Å². The number of thiazole rings is 1. The number of nitrogens with one attached hydrogen (secondary N) is 1. The SMILES string of the molecule is CCCC(C)CN1CCC(c2nc(C(=O)Nc3ccccc3-c3ccc(Cl)cc3)cs2)CC1. The summed E-state index contributed by atoms with van der Waals surface area (Å²) in [7, 11) is 0. The minimum atomic E-state index is -0.162. The fraction of sp³-hybridized carbons (Fsp3) is 0.407. The Hall–Kier alpha value is -2.21. The summed E-state index contributed by atoms with van der Waals surface area (Å²) < 4.78 is 0. The standard InChI is InChI=1S/C27H32ClN3OS/c1-3-6-19(2)17-31-15-13-21(14-16-31)27-30-25(18-33-27)26(32)29-24-8-5-4-7-23(24)20-9-11-22(28)12-10-20/h4-5,7-12,18-19,21H,3,6,13-17H2,1-2H3,(H,29,32). The van der Waals surface area contributed by atoms with Crippen molar-refractivity contribution in [1.82, 2.24) is 9.88 Å². The summed E-state index contributed by atoms with van der Waals surface area (Å²) in [6.07, 6.45) is 4.79. The number of carbonyl (C=O) groups is 1. The van der Waals surface area contributed by atoms with Crippen LogP contribution in [0.3, 0.4) is 0 Å². The highest BCUT2D eigenvalue weighted by atomic mass is 35.5. The Kier molecular flexibility index (Phi) is 8.18. The summed E-state index contributed by atoms with van der Waals surface area (Å²) in [4.78, 5) is 20.3. The second-order valence-corrected chi connectivity index (χ2v) is 10.4. The second-order valence-electron chi connectivity index (χ2n) is 9.05. The van der Waals surface area contributed by atoms with Crippen molar-refractivity contribution in [3.63, 3.8) is 0 Å². The fourth-order valence-corrected chi connectivity index (χ4v) is 5.72. The van der Waals surface area contributed by atoms with Crippen molar-refractivity contribution in [2.75, 3.05) is 25.0 Å². The molecule has 1 amide bonds. The van der Waals surface area contributed by atoms with Gasteiger partial charge in [-0.25, -0.2) is 4.98 Å². The van der Waals surface area contributed by atoms with Gasteiger partial charge in [0.25, 0.3) is 5.91 Å². The average molecular weight is 482 g/mol. The lowest BCUT2D eigenvalue weighted by Gasteiger charge is -2.32. The number of aromatic nitrogens is 1. The van der Waals surface area contributed by atoms with E-state index < -0.39 is 0 Å². The molecule has 3 aromatic rings. The van der Waals surface area contributed by atoms with Crippen LogP contribution in [-0.4, -0.2) is 35.4 Å². The number of benzene rings is 2. The van der Waals surface area contributed by atoms with Gasteiger partial charge in [0.05, 0.1) is 5.01 Å². The van der Waals surface area contributed by atoms with Crippen LogP contribution in [0.15, 0.2) is 53.9 Å². The molecule has 33 heavy (non-hydrogen) atoms. The third-order valence-corrected chi connectivity index (χ3v) is 7.63. The Bertz CT molecular complexity index is 1060. The fourth-order valence-electron chi connectivity index (χ4n) is 4.63. The lowest BCUT2D eigenvalue weighted by molar-refractivity contribution is 0.102. The monoisotopic (exact) mass is 481 g/mol. The molecule has 174 valence electrons. The van der Waals surface area contributed by atoms with Crippen LogP contribution < -0.4 is 5.32 Å². The molecule has 0 saturated carbocycles. The van der Waals surface area contributed by atoms with Crippen molar-refractivity contribution in [3.8, 4) is 11.1 Å². The van der Waals surface area contributed by atoms with Crippen molar-refractivity contribution < 1.29 is 4.79 Å². The third kappa shape index (κ3) is 6.23. The van der Waals surface area contributed by atoms with E-state index in [0.717, 1.165) is 53.7 Å². The smallest absolute Gasteiger partial charge is 0.275 e. The molecule has 1 atom stereocenters. The van der Waals surface area contributed by atoms with Crippen LogP contribution in [0.4, 0.5) is 5.69 Å². The molecule has 1 saturated heterocycles. The molecule has 1 aromatic heterocycles. The van der Waals surface area contributed by atoms with Crippen LogP contribution in [0.2, 0.25) is 5.02 Å². The minimum Gasteiger partial charge on any atom is -0.320 e. The zero-order valence-corrected chi connectivity index (χ0v) is 21.0. The molecule has 1 unspecified atom stereocenters. The molecule has 4 nitrogen and oxygen atoms in total. The van der Waals surface area contributed by atoms with E-state index in [1.165, 1.54) is 19.4 Å². The van der Waals surface area contributed by atoms with Crippen molar-refractivity contribution in [2.45, 2.75) is 45.4 Å². The number of hydrogen-bond donors (Lipinski definition) is 1. The minimum absolute atomic E-state index is 0.162. The first-order chi connectivity index (χ1) is 16.0. The van der Waals surface area contributed by atoms with E-state index in [0.29, 0.717) is 16.6 Å². The Morgan fingerprint density at radius 2 is 1.91 bits per heavy atom. The van der Waals surface area contributed by atoms with Gasteiger partial charge in [-0.2, -0.15) is 0 Å². The molecule has 4 rings (SSSR count). The van der Waals surface area contributed by atoms with Gasteiger partial charge in [0, 0.05) is 34.1 Å². The van der Waals surface area contributed by atoms with Gasteiger partial charge in [0.1, 0.15) is 5.69 Å². The highest BCUT2D eigenvalue weighted by Gasteiger charge is 2.25. The molecule has 6 heteroatoms. The number of rotatable bonds is 8. The van der Waals surface area contributed by atoms with Gasteiger partial charge >= 0.3 is 0 Å². The Labute approximate surface area is 206 Å². The maximum Gasteiger partial charge on any atom is 0.275 e. The van der Waals surface area contributed by atoms with E-state index in [1.54, 1.807) is 11.3 Å². The molecule has 2 heterocycles. The first kappa shape index (κ1) is 23.9. The van der Waals surface area contributed by atoms with Crippen molar-refractivity contribution in [2.24, 2.45) is 5.92 Å². The molecule has 1 aliphatic heterocycles. The predicted octanol–water partition coefficient (Wildman–Crippen LogP) is 7.33. The second kappa shape index (κ2) is 11.3. The molecule has 1 fully saturated rings. The van der Waals surface area contributed by atoms with Crippen LogP contribution in [0.1, 0.15) is 60.9 Å². The molecule has 2 aromatic carbocycles. The summed E-state index contributed by atoms with van der Waals surface area (Å²) in [6.45, 7) is 8.04. The number of halogens is 1. The van der Waals surface area contributed by atoms with E-state index in [4.69, 9.17) is 16.6 Å². The zero-order valence-electron chi connectivity index (χ0n) is 19.4. The topological polar surface area (TPSA) is 45.2 Å². The maximum atomic E-state index is 13.0. The zero-order chi connectivity index (χ0) is 23.2. The lowest BCUT2D eigenvalue weighted by Crippen LogP contribution is -2.36. The summed E-state index contributed by atoms with van der Waals surface area (Å²) in [5, 5.41) is 6.74. The Morgan fingerprint density at radius 1 is 1.18 bits per heavy atom. The lowest BCUT2D eigenvalue weighted by atomic mass is 9.96. The van der Waals surface area contributed by atoms with E-state index in [-0.39, 0.29) is 5.91 Å². The van der Waals surface area contributed by atoms with Gasteiger partial charge in [-0.1, -0.05) is 62.2 Å². The summed E-state index contributed by atoms with van der Waals surface area (Å²) in [5.41, 5.74) is 3.24. The molecule has 1 N–H and O–H groups in total. The first-order valence-corrected chi connectivity index (χ1v) is 13.1. The van der Waals surface area contributed by atoms with Gasteiger partial charge in [-0.05, 0) is 62.0 Å². The molecule has 0 aliphatic carbocycles. The largest absolute Gasteiger partial charge is 0.320 e. The first-order valence-electron chi connectivity index (χ1n) is 11.9. The van der Waals surface area contributed by atoms with Gasteiger partial charge in [-0.15, -0.1) is 11.3 Å². The number of para-hydroxylation sites is 1. The Balaban J connectivity index is 1.38. The van der Waals surface area contributed by atoms with Crippen molar-refractivity contribution >= 4 is 34.5 Å². The van der Waals surface area contributed by atoms with Gasteiger partial charge in [-0.3, -0.25) is 4.79 Å². The molecule has 0 bridgehead atoms. The molecular formula is C27H32ClN3OS. The third-order valence-electron chi connectivity index (χ3n) is 6.37. The summed E-state index contributed by atoms with van der Waals surface area (Å²) in [5.74, 6) is 1.05. The highest BCUT2D eigenvalue weighted by Crippen LogP contribution is 2.32. The average Bonchev–Trinajstić information content (AvgIpc) is 3.31. The van der Waals surface area contributed by atoms with E-state index >= 15 is 0 Å². The molecule has 1 aliphatic rings. The van der Waals surface area contributed by atoms with Gasteiger partial charge in [0.15, 0.2) is 0 Å². The van der Waals surface area contributed by atoms with Crippen molar-refractivity contribution in [3.05, 3.63) is 69.6 Å². The van der Waals surface area contributed by atoms with Crippen LogP contribution in [-0.2, 0) is 0 Å². The van der Waals surface area contributed by atoms with Crippen LogP contribution in [0, 0.1) is 5.92 Å². The quantitative estimate of drug-likeness (QED) is 0.366. The van der Waals surface area contributed by atoms with Gasteiger partial charge < -0.3 is 10.2 Å². The number of nitrogens with zero attached hydrogens (tertiary/aromatic N) is 2.